The first kappa shape index (κ1) is 16.7. The van der Waals surface area contributed by atoms with Gasteiger partial charge >= 0.3 is 0 Å². The average Bonchev–Trinajstić information content (AvgIpc) is 3.14. The molecule has 130 valence electrons. The Balaban J connectivity index is 1.34. The molecule has 4 rings (SSSR count). The van der Waals surface area contributed by atoms with Crippen molar-refractivity contribution in [2.24, 2.45) is 0 Å². The van der Waals surface area contributed by atoms with Crippen LogP contribution in [0.4, 0.5) is 0 Å². The molecule has 0 N–H and O–H groups in total. The molecule has 0 spiro atoms. The van der Waals surface area contributed by atoms with Gasteiger partial charge in [-0.3, -0.25) is 0 Å². The molecule has 1 heterocycles. The monoisotopic (exact) mass is 362 g/mol. The highest BCUT2D eigenvalue weighted by Gasteiger charge is 2.08. The van der Waals surface area contributed by atoms with Gasteiger partial charge in [0.1, 0.15) is 5.75 Å². The third kappa shape index (κ3) is 4.06. The van der Waals surface area contributed by atoms with Crippen LogP contribution < -0.4 is 4.74 Å². The number of aryl methyl sites for hydroxylation is 1. The van der Waals surface area contributed by atoms with Gasteiger partial charge in [-0.05, 0) is 35.4 Å². The van der Waals surface area contributed by atoms with Crippen molar-refractivity contribution < 1.29 is 9.15 Å². The number of fused-ring (bicyclic) bond motifs is 1. The van der Waals surface area contributed by atoms with Crippen LogP contribution >= 0.6 is 11.8 Å². The highest BCUT2D eigenvalue weighted by Crippen LogP contribution is 2.23. The minimum Gasteiger partial charge on any atom is -0.484 e. The van der Waals surface area contributed by atoms with E-state index in [-0.39, 0.29) is 6.61 Å². The van der Waals surface area contributed by atoms with E-state index in [2.05, 4.69) is 53.5 Å². The topological polar surface area (TPSA) is 48.2 Å². The van der Waals surface area contributed by atoms with Gasteiger partial charge in [-0.2, -0.15) is 0 Å². The number of nitrogens with zero attached hydrogens (tertiary/aromatic N) is 2. The summed E-state index contributed by atoms with van der Waals surface area (Å²) in [6.45, 7) is 2.34. The predicted molar refractivity (Wildman–Crippen MR) is 103 cm³/mol. The van der Waals surface area contributed by atoms with Crippen LogP contribution in [0.3, 0.4) is 0 Å². The smallest absolute Gasteiger partial charge is 0.277 e. The molecule has 0 saturated carbocycles. The van der Waals surface area contributed by atoms with Crippen molar-refractivity contribution in [2.45, 2.75) is 24.5 Å². The number of aromatic nitrogens is 2. The first-order valence-electron chi connectivity index (χ1n) is 8.38. The summed E-state index contributed by atoms with van der Waals surface area (Å²) in [6.07, 6.45) is 0. The van der Waals surface area contributed by atoms with Crippen LogP contribution in [0.5, 0.6) is 5.75 Å². The zero-order chi connectivity index (χ0) is 17.8. The largest absolute Gasteiger partial charge is 0.484 e. The van der Waals surface area contributed by atoms with E-state index in [1.54, 1.807) is 0 Å². The van der Waals surface area contributed by atoms with E-state index in [0.717, 1.165) is 16.9 Å². The van der Waals surface area contributed by atoms with Gasteiger partial charge in [-0.25, -0.2) is 0 Å². The number of ether oxygens (including phenoxy) is 1. The Hall–Kier alpha value is -2.79. The van der Waals surface area contributed by atoms with Gasteiger partial charge in [0.05, 0.1) is 0 Å². The highest BCUT2D eigenvalue weighted by atomic mass is 32.2. The fraction of sp³-hybridized carbons (Fsp3) is 0.143. The summed E-state index contributed by atoms with van der Waals surface area (Å²) in [4.78, 5) is 0. The van der Waals surface area contributed by atoms with Crippen molar-refractivity contribution in [3.63, 3.8) is 0 Å². The Kier molecular flexibility index (Phi) is 4.88. The maximum absolute atomic E-state index is 5.78. The molecule has 26 heavy (non-hydrogen) atoms. The first-order chi connectivity index (χ1) is 12.8. The lowest BCUT2D eigenvalue weighted by Crippen LogP contribution is -1.95. The molecule has 5 heteroatoms. The van der Waals surface area contributed by atoms with Gasteiger partial charge in [0.15, 0.2) is 6.61 Å². The van der Waals surface area contributed by atoms with E-state index >= 15 is 0 Å². The normalized spacial score (nSPS) is 11.0. The maximum atomic E-state index is 5.78. The summed E-state index contributed by atoms with van der Waals surface area (Å²) >= 11 is 1.53. The lowest BCUT2D eigenvalue weighted by atomic mass is 10.1. The fourth-order valence-corrected chi connectivity index (χ4v) is 3.32. The molecule has 0 bridgehead atoms. The van der Waals surface area contributed by atoms with E-state index in [9.17, 15) is 0 Å². The van der Waals surface area contributed by atoms with E-state index < -0.39 is 0 Å². The summed E-state index contributed by atoms with van der Waals surface area (Å²) in [5.41, 5.74) is 2.48. The Labute approximate surface area is 156 Å². The van der Waals surface area contributed by atoms with Gasteiger partial charge in [-0.1, -0.05) is 71.9 Å². The van der Waals surface area contributed by atoms with E-state index in [1.807, 2.05) is 30.3 Å². The second-order valence-electron chi connectivity index (χ2n) is 6.03. The number of hydrogen-bond donors (Lipinski definition) is 0. The van der Waals surface area contributed by atoms with Crippen molar-refractivity contribution in [1.82, 2.24) is 10.2 Å². The van der Waals surface area contributed by atoms with Crippen LogP contribution in [0.15, 0.2) is 76.4 Å². The van der Waals surface area contributed by atoms with Crippen LogP contribution in [0.2, 0.25) is 0 Å². The van der Waals surface area contributed by atoms with Gasteiger partial charge in [-0.15, -0.1) is 10.2 Å². The molecular formula is C21H18N2O2S. The van der Waals surface area contributed by atoms with Crippen molar-refractivity contribution in [2.75, 3.05) is 0 Å². The molecule has 0 aliphatic heterocycles. The minimum absolute atomic E-state index is 0.260. The van der Waals surface area contributed by atoms with Gasteiger partial charge < -0.3 is 9.15 Å². The Morgan fingerprint density at radius 1 is 0.923 bits per heavy atom. The van der Waals surface area contributed by atoms with Crippen LogP contribution in [0.1, 0.15) is 17.0 Å². The lowest BCUT2D eigenvalue weighted by Gasteiger charge is -2.04. The van der Waals surface area contributed by atoms with Gasteiger partial charge in [0, 0.05) is 5.75 Å². The lowest BCUT2D eigenvalue weighted by molar-refractivity contribution is 0.252. The molecule has 0 atom stereocenters. The second-order valence-corrected chi connectivity index (χ2v) is 6.96. The highest BCUT2D eigenvalue weighted by molar-refractivity contribution is 7.98. The number of benzene rings is 3. The van der Waals surface area contributed by atoms with Crippen molar-refractivity contribution in [3.8, 4) is 5.75 Å². The van der Waals surface area contributed by atoms with Crippen molar-refractivity contribution in [3.05, 3.63) is 83.7 Å². The van der Waals surface area contributed by atoms with Crippen LogP contribution in [0, 0.1) is 6.92 Å². The maximum Gasteiger partial charge on any atom is 0.277 e. The predicted octanol–water partition coefficient (Wildman–Crippen LogP) is 5.40. The average molecular weight is 362 g/mol. The van der Waals surface area contributed by atoms with E-state index in [0.29, 0.717) is 11.1 Å². The molecular weight excluding hydrogens is 344 g/mol. The van der Waals surface area contributed by atoms with Crippen LogP contribution in [-0.4, -0.2) is 10.2 Å². The second kappa shape index (κ2) is 7.62. The molecule has 0 aliphatic carbocycles. The Bertz CT molecular complexity index is 1010. The summed E-state index contributed by atoms with van der Waals surface area (Å²) < 4.78 is 11.4. The molecule has 0 unspecified atom stereocenters. The molecule has 0 radical (unpaired) electrons. The molecule has 0 fully saturated rings. The third-order valence-corrected chi connectivity index (χ3v) is 4.90. The number of thioether (sulfide) groups is 1. The SMILES string of the molecule is Cc1ccc(CSc2nnc(COc3ccc4ccccc4c3)o2)cc1. The number of hydrogen-bond acceptors (Lipinski definition) is 5. The molecule has 0 saturated heterocycles. The molecule has 4 aromatic rings. The minimum atomic E-state index is 0.260. The Morgan fingerprint density at radius 3 is 2.58 bits per heavy atom. The Morgan fingerprint density at radius 2 is 1.73 bits per heavy atom. The first-order valence-corrected chi connectivity index (χ1v) is 9.37. The molecule has 1 aromatic heterocycles. The van der Waals surface area contributed by atoms with Gasteiger partial charge in [0.25, 0.3) is 11.1 Å². The van der Waals surface area contributed by atoms with E-state index in [4.69, 9.17) is 9.15 Å². The standard InChI is InChI=1S/C21H18N2O2S/c1-15-6-8-16(9-7-15)14-26-21-23-22-20(25-21)13-24-19-11-10-17-4-2-3-5-18(17)12-19/h2-12H,13-14H2,1H3. The third-order valence-electron chi connectivity index (χ3n) is 4.01. The van der Waals surface area contributed by atoms with Crippen LogP contribution in [-0.2, 0) is 12.4 Å². The summed E-state index contributed by atoms with van der Waals surface area (Å²) in [5, 5.41) is 11.0. The molecule has 0 amide bonds. The number of rotatable bonds is 6. The quantitative estimate of drug-likeness (QED) is 0.430. The zero-order valence-electron chi connectivity index (χ0n) is 14.4. The van der Waals surface area contributed by atoms with E-state index in [1.165, 1.54) is 28.3 Å². The molecule has 3 aromatic carbocycles. The summed E-state index contributed by atoms with van der Waals surface area (Å²) in [7, 11) is 0. The molecule has 0 aliphatic rings. The molecule has 4 nitrogen and oxygen atoms in total. The van der Waals surface area contributed by atoms with Crippen LogP contribution in [0.25, 0.3) is 10.8 Å². The van der Waals surface area contributed by atoms with Crippen molar-refractivity contribution in [1.29, 1.82) is 0 Å². The zero-order valence-corrected chi connectivity index (χ0v) is 15.2. The summed E-state index contributed by atoms with van der Waals surface area (Å²) in [6, 6.07) is 22.6. The van der Waals surface area contributed by atoms with Crippen molar-refractivity contribution >= 4 is 22.5 Å². The van der Waals surface area contributed by atoms with Gasteiger partial charge in [0.2, 0.25) is 0 Å². The summed E-state index contributed by atoms with van der Waals surface area (Å²) in [5.74, 6) is 2.06. The fourth-order valence-electron chi connectivity index (χ4n) is 2.59.